The second kappa shape index (κ2) is 6.09. The predicted molar refractivity (Wildman–Crippen MR) is 83.0 cm³/mol. The van der Waals surface area contributed by atoms with Gasteiger partial charge in [0, 0.05) is 38.7 Å². The Kier molecular flexibility index (Phi) is 4.36. The second-order valence-corrected chi connectivity index (χ2v) is 7.19. The molecule has 4 nitrogen and oxygen atoms in total. The summed E-state index contributed by atoms with van der Waals surface area (Å²) < 4.78 is 5.34. The van der Waals surface area contributed by atoms with Crippen LogP contribution in [0, 0.1) is 11.3 Å². The lowest BCUT2D eigenvalue weighted by Gasteiger charge is -2.40. The second-order valence-electron chi connectivity index (χ2n) is 7.19. The standard InChI is InChI=1S/C17H28N2O2/c1-18-13-17(11-15(18)12-21-2)7-9-19(10-8-17)16(20)14-5-3-4-6-14/h3-4,14-15H,5-13H2,1-2H3/t15-/m1/s1. The Labute approximate surface area is 128 Å². The van der Waals surface area contributed by atoms with Crippen molar-refractivity contribution in [2.75, 3.05) is 40.4 Å². The molecule has 0 aromatic heterocycles. The van der Waals surface area contributed by atoms with Gasteiger partial charge in [-0.2, -0.15) is 0 Å². The monoisotopic (exact) mass is 292 g/mol. The maximum absolute atomic E-state index is 12.5. The van der Waals surface area contributed by atoms with Crippen LogP contribution in [0.3, 0.4) is 0 Å². The van der Waals surface area contributed by atoms with Crippen molar-refractivity contribution in [3.63, 3.8) is 0 Å². The van der Waals surface area contributed by atoms with Crippen LogP contribution in [0.4, 0.5) is 0 Å². The smallest absolute Gasteiger partial charge is 0.226 e. The van der Waals surface area contributed by atoms with Gasteiger partial charge in [0.1, 0.15) is 0 Å². The summed E-state index contributed by atoms with van der Waals surface area (Å²) in [7, 11) is 4.00. The van der Waals surface area contributed by atoms with Crippen molar-refractivity contribution >= 4 is 5.91 Å². The fourth-order valence-electron chi connectivity index (χ4n) is 4.40. The zero-order valence-electron chi connectivity index (χ0n) is 13.4. The molecule has 118 valence electrons. The van der Waals surface area contributed by atoms with Gasteiger partial charge in [0.25, 0.3) is 0 Å². The maximum atomic E-state index is 12.5. The lowest BCUT2D eigenvalue weighted by molar-refractivity contribution is -0.137. The van der Waals surface area contributed by atoms with Gasteiger partial charge in [-0.3, -0.25) is 4.79 Å². The quantitative estimate of drug-likeness (QED) is 0.745. The highest BCUT2D eigenvalue weighted by molar-refractivity contribution is 5.79. The molecule has 2 aliphatic heterocycles. The fourth-order valence-corrected chi connectivity index (χ4v) is 4.40. The highest BCUT2D eigenvalue weighted by atomic mass is 16.5. The molecule has 2 saturated heterocycles. The zero-order chi connectivity index (χ0) is 14.9. The minimum Gasteiger partial charge on any atom is -0.383 e. The third kappa shape index (κ3) is 3.02. The molecular weight excluding hydrogens is 264 g/mol. The van der Waals surface area contributed by atoms with Crippen LogP contribution in [0.15, 0.2) is 12.2 Å². The van der Waals surface area contributed by atoms with Gasteiger partial charge in [-0.1, -0.05) is 12.2 Å². The highest BCUT2D eigenvalue weighted by Gasteiger charge is 2.45. The Hall–Kier alpha value is -0.870. The van der Waals surface area contributed by atoms with Gasteiger partial charge < -0.3 is 14.5 Å². The summed E-state index contributed by atoms with van der Waals surface area (Å²) in [6.07, 6.45) is 9.72. The molecule has 3 rings (SSSR count). The minimum absolute atomic E-state index is 0.228. The van der Waals surface area contributed by atoms with Crippen LogP contribution in [-0.2, 0) is 9.53 Å². The van der Waals surface area contributed by atoms with E-state index in [0.29, 0.717) is 17.4 Å². The molecule has 2 heterocycles. The highest BCUT2D eigenvalue weighted by Crippen LogP contribution is 2.43. The van der Waals surface area contributed by atoms with E-state index in [-0.39, 0.29) is 5.92 Å². The summed E-state index contributed by atoms with van der Waals surface area (Å²) in [6.45, 7) is 3.88. The molecule has 1 amide bonds. The molecule has 0 unspecified atom stereocenters. The van der Waals surface area contributed by atoms with E-state index < -0.39 is 0 Å². The molecule has 3 aliphatic rings. The number of ether oxygens (including phenoxy) is 1. The number of hydrogen-bond acceptors (Lipinski definition) is 3. The first-order valence-corrected chi connectivity index (χ1v) is 8.26. The average molecular weight is 292 g/mol. The first-order chi connectivity index (χ1) is 10.1. The van der Waals surface area contributed by atoms with E-state index >= 15 is 0 Å². The number of likely N-dealkylation sites (N-methyl/N-ethyl adjacent to an activating group) is 1. The molecule has 2 fully saturated rings. The van der Waals surface area contributed by atoms with Crippen LogP contribution < -0.4 is 0 Å². The maximum Gasteiger partial charge on any atom is 0.226 e. The predicted octanol–water partition coefficient (Wildman–Crippen LogP) is 1.91. The van der Waals surface area contributed by atoms with Crippen LogP contribution in [0.1, 0.15) is 32.1 Å². The molecule has 0 saturated carbocycles. The number of carbonyl (C=O) groups excluding carboxylic acids is 1. The van der Waals surface area contributed by atoms with E-state index in [2.05, 4.69) is 29.0 Å². The number of methoxy groups -OCH3 is 1. The summed E-state index contributed by atoms with van der Waals surface area (Å²) in [5.74, 6) is 0.612. The van der Waals surface area contributed by atoms with Gasteiger partial charge in [0.05, 0.1) is 6.61 Å². The van der Waals surface area contributed by atoms with Gasteiger partial charge >= 0.3 is 0 Å². The fraction of sp³-hybridized carbons (Fsp3) is 0.824. The van der Waals surface area contributed by atoms with Crippen molar-refractivity contribution in [3.8, 4) is 0 Å². The number of likely N-dealkylation sites (tertiary alicyclic amines) is 2. The minimum atomic E-state index is 0.228. The molecule has 0 N–H and O–H groups in total. The Morgan fingerprint density at radius 1 is 1.29 bits per heavy atom. The first kappa shape index (κ1) is 15.0. The molecule has 1 atom stereocenters. The Bertz CT molecular complexity index is 405. The SMILES string of the molecule is COC[C@H]1CC2(CCN(C(=O)C3CC=CC3)CC2)CN1C. The number of piperidine rings is 1. The summed E-state index contributed by atoms with van der Waals surface area (Å²) in [5.41, 5.74) is 0.419. The summed E-state index contributed by atoms with van der Waals surface area (Å²) in [6, 6.07) is 0.552. The zero-order valence-corrected chi connectivity index (χ0v) is 13.4. The van der Waals surface area contributed by atoms with Gasteiger partial charge in [0.15, 0.2) is 0 Å². The van der Waals surface area contributed by atoms with Gasteiger partial charge in [0.2, 0.25) is 5.91 Å². The summed E-state index contributed by atoms with van der Waals surface area (Å²) in [4.78, 5) is 17.1. The Morgan fingerprint density at radius 2 is 1.95 bits per heavy atom. The Morgan fingerprint density at radius 3 is 2.57 bits per heavy atom. The van der Waals surface area contributed by atoms with Crippen molar-refractivity contribution in [1.82, 2.24) is 9.80 Å². The van der Waals surface area contributed by atoms with Crippen LogP contribution in [0.2, 0.25) is 0 Å². The van der Waals surface area contributed by atoms with Crippen LogP contribution >= 0.6 is 0 Å². The number of hydrogen-bond donors (Lipinski definition) is 0. The molecule has 0 radical (unpaired) electrons. The van der Waals surface area contributed by atoms with Crippen molar-refractivity contribution in [3.05, 3.63) is 12.2 Å². The molecule has 0 bridgehead atoms. The summed E-state index contributed by atoms with van der Waals surface area (Å²) >= 11 is 0. The summed E-state index contributed by atoms with van der Waals surface area (Å²) in [5, 5.41) is 0. The first-order valence-electron chi connectivity index (χ1n) is 8.26. The van der Waals surface area contributed by atoms with Crippen molar-refractivity contribution in [1.29, 1.82) is 0 Å². The third-order valence-corrected chi connectivity index (χ3v) is 5.73. The number of rotatable bonds is 3. The molecule has 4 heteroatoms. The van der Waals surface area contributed by atoms with Crippen molar-refractivity contribution in [2.24, 2.45) is 11.3 Å². The largest absolute Gasteiger partial charge is 0.383 e. The molecular formula is C17H28N2O2. The molecule has 1 spiro atoms. The van der Waals surface area contributed by atoms with Gasteiger partial charge in [-0.15, -0.1) is 0 Å². The van der Waals surface area contributed by atoms with E-state index in [1.807, 2.05) is 0 Å². The number of allylic oxidation sites excluding steroid dienone is 2. The number of nitrogens with zero attached hydrogens (tertiary/aromatic N) is 2. The van der Waals surface area contributed by atoms with Crippen molar-refractivity contribution in [2.45, 2.75) is 38.1 Å². The average Bonchev–Trinajstić information content (AvgIpc) is 3.09. The van der Waals surface area contributed by atoms with Crippen LogP contribution in [0.25, 0.3) is 0 Å². The lowest BCUT2D eigenvalue weighted by Crippen LogP contribution is -2.45. The molecule has 1 aliphatic carbocycles. The van der Waals surface area contributed by atoms with Crippen LogP contribution in [-0.4, -0.2) is 62.1 Å². The van der Waals surface area contributed by atoms with Gasteiger partial charge in [-0.25, -0.2) is 0 Å². The van der Waals surface area contributed by atoms with Crippen molar-refractivity contribution < 1.29 is 9.53 Å². The Balaban J connectivity index is 1.54. The number of carbonyl (C=O) groups is 1. The number of amides is 1. The van der Waals surface area contributed by atoms with E-state index in [9.17, 15) is 4.79 Å². The van der Waals surface area contributed by atoms with E-state index in [1.54, 1.807) is 7.11 Å². The normalized spacial score (nSPS) is 29.6. The topological polar surface area (TPSA) is 32.8 Å². The molecule has 21 heavy (non-hydrogen) atoms. The molecule has 0 aromatic rings. The lowest BCUT2D eigenvalue weighted by atomic mass is 9.76. The third-order valence-electron chi connectivity index (χ3n) is 5.73. The van der Waals surface area contributed by atoms with Crippen LogP contribution in [0.5, 0.6) is 0 Å². The molecule has 0 aromatic carbocycles. The van der Waals surface area contributed by atoms with E-state index in [0.717, 1.165) is 51.9 Å². The van der Waals surface area contributed by atoms with Gasteiger partial charge in [-0.05, 0) is 44.6 Å². The van der Waals surface area contributed by atoms with E-state index in [4.69, 9.17) is 4.74 Å². The van der Waals surface area contributed by atoms with E-state index in [1.165, 1.54) is 6.42 Å².